The monoisotopic (exact) mass is 970 g/mol. The van der Waals surface area contributed by atoms with E-state index in [2.05, 4.69) is 47.0 Å². The van der Waals surface area contributed by atoms with Gasteiger partial charge in [0, 0.05) is 30.1 Å². The molecule has 3 aromatic heterocycles. The van der Waals surface area contributed by atoms with Gasteiger partial charge in [-0.1, -0.05) is 0 Å². The molecule has 0 saturated heterocycles. The molecule has 0 unspecified atom stereocenters. The number of nitrogens with one attached hydrogen (secondary N) is 6. The number of pyridine rings is 2. The van der Waals surface area contributed by atoms with Gasteiger partial charge in [0.25, 0.3) is 23.6 Å². The van der Waals surface area contributed by atoms with Crippen LogP contribution in [0.2, 0.25) is 0 Å². The Morgan fingerprint density at radius 3 is 1.93 bits per heavy atom. The summed E-state index contributed by atoms with van der Waals surface area (Å²) in [5.41, 5.74) is 0.595. The van der Waals surface area contributed by atoms with Crippen LogP contribution in [0.3, 0.4) is 0 Å². The zero-order chi connectivity index (χ0) is 50.9. The first-order valence-electron chi connectivity index (χ1n) is 21.0. The number of aromatic amines is 1. The summed E-state index contributed by atoms with van der Waals surface area (Å²) >= 11 is 0. The van der Waals surface area contributed by atoms with E-state index in [4.69, 9.17) is 18.9 Å². The first kappa shape index (κ1) is 48.9. The molecule has 0 bridgehead atoms. The normalized spacial score (nSPS) is 11.1. The van der Waals surface area contributed by atoms with E-state index in [0.29, 0.717) is 34.6 Å². The molecule has 24 heteroatoms. The minimum Gasteiger partial charge on any atom is -0.504 e. The van der Waals surface area contributed by atoms with Crippen molar-refractivity contribution in [2.24, 2.45) is 0 Å². The Kier molecular flexibility index (Phi) is 14.7. The Labute approximate surface area is 400 Å². The molecule has 1 aliphatic rings. The maximum atomic E-state index is 13.3. The van der Waals surface area contributed by atoms with E-state index in [1.807, 2.05) is 13.8 Å². The first-order chi connectivity index (χ1) is 34.1. The van der Waals surface area contributed by atoms with Gasteiger partial charge < -0.3 is 65.4 Å². The minimum absolute atomic E-state index is 0.0299. The maximum Gasteiger partial charge on any atom is 0.339 e. The lowest BCUT2D eigenvalue weighted by atomic mass is 10.1. The minimum atomic E-state index is -1.43. The number of phenolic OH excluding ortho intramolecular Hbond substituents is 1. The molecule has 0 atom stereocenters. The Morgan fingerprint density at radius 2 is 1.35 bits per heavy atom. The number of carboxylic acids is 1. The largest absolute Gasteiger partial charge is 0.504 e. The summed E-state index contributed by atoms with van der Waals surface area (Å²) in [6, 6.07) is 16.4. The number of H-pyrrole nitrogens is 1. The highest BCUT2D eigenvalue weighted by atomic mass is 16.7. The van der Waals surface area contributed by atoms with Gasteiger partial charge in [-0.15, -0.1) is 0 Å². The predicted octanol–water partition coefficient (Wildman–Crippen LogP) is 4.51. The summed E-state index contributed by atoms with van der Waals surface area (Å²) in [5.74, 6) is -6.02. The number of rotatable bonds is 14. The van der Waals surface area contributed by atoms with E-state index in [0.717, 1.165) is 18.9 Å². The van der Waals surface area contributed by atoms with Crippen LogP contribution in [0.25, 0.3) is 10.9 Å². The van der Waals surface area contributed by atoms with Crippen molar-refractivity contribution in [1.29, 1.82) is 0 Å². The van der Waals surface area contributed by atoms with Crippen LogP contribution < -0.4 is 51.0 Å². The molecule has 8 rings (SSSR count). The number of aromatic hydroxyl groups is 2. The number of carboxylic acid groups (broad SMARTS) is 1. The van der Waals surface area contributed by atoms with E-state index in [1.54, 1.807) is 22.9 Å². The number of hydrogen-bond acceptors (Lipinski definition) is 16. The number of phenols is 2. The van der Waals surface area contributed by atoms with Crippen LogP contribution in [0, 0.1) is 6.92 Å². The third-order valence-corrected chi connectivity index (χ3v) is 10.4. The summed E-state index contributed by atoms with van der Waals surface area (Å²) in [6.45, 7) is 3.82. The summed E-state index contributed by atoms with van der Waals surface area (Å²) < 4.78 is 22.9. The van der Waals surface area contributed by atoms with Crippen LogP contribution in [0.4, 0.5) is 22.7 Å². The highest BCUT2D eigenvalue weighted by molar-refractivity contribution is 6.10. The molecule has 71 heavy (non-hydrogen) atoms. The zero-order valence-corrected chi connectivity index (χ0v) is 37.9. The fourth-order valence-corrected chi connectivity index (χ4v) is 6.92. The molecule has 24 nitrogen and oxygen atoms in total. The van der Waals surface area contributed by atoms with Gasteiger partial charge in [-0.2, -0.15) is 15.4 Å². The van der Waals surface area contributed by atoms with Crippen molar-refractivity contribution in [2.45, 2.75) is 20.4 Å². The number of aryl methyl sites for hydroxylation is 2. The molecule has 1 aliphatic heterocycles. The standard InChI is InChI=1S/C44H37N7O14.C3H5N3/c1-4-51-19-27(35(53)26-15-32-33(16-31(26)51)65-20-64-32)42(58)48-22-7-5-21(6-8-22)40(56)46-18-34(52)47-23-9-12-30(45-17-23)43(59)50-29-13-10-24(36(54)38(29)62-2)41(57)49-28-14-11-25(44(60)61)37(55)39(28)63-3;1-3-2-4-6-5-3/h5-17,19,54-55H,4,18,20H2,1-3H3,(H,46,56)(H,47,52)(H,48,58)(H,49,57)(H,50,59)(H,60,61);2H,1H3,(H,4,5,6). The lowest BCUT2D eigenvalue weighted by Gasteiger charge is -2.16. The van der Waals surface area contributed by atoms with E-state index >= 15 is 0 Å². The smallest absolute Gasteiger partial charge is 0.339 e. The zero-order valence-electron chi connectivity index (χ0n) is 37.9. The van der Waals surface area contributed by atoms with E-state index < -0.39 is 64.5 Å². The highest BCUT2D eigenvalue weighted by Gasteiger charge is 2.25. The number of benzene rings is 4. The fourth-order valence-electron chi connectivity index (χ4n) is 6.92. The molecular formula is C47H42N10O14. The molecule has 0 aliphatic carbocycles. The number of methoxy groups -OCH3 is 2. The second-order valence-corrected chi connectivity index (χ2v) is 15.0. The third kappa shape index (κ3) is 10.9. The van der Waals surface area contributed by atoms with Gasteiger partial charge in [-0.25, -0.2) is 9.78 Å². The SMILES string of the molecule is CCn1cc(C(=O)Nc2ccc(C(=O)NCC(=O)Nc3ccc(C(=O)Nc4ccc(C(=O)Nc5ccc(C(=O)O)c(O)c5OC)c(O)c4OC)nc3)cc2)c(=O)c2cc3c(cc21)OCO3.Cc1cn[nH]n1. The number of nitrogens with zero attached hydrogens (tertiary/aromatic N) is 4. The van der Waals surface area contributed by atoms with Crippen LogP contribution in [0.1, 0.15) is 64.5 Å². The van der Waals surface area contributed by atoms with Gasteiger partial charge in [0.1, 0.15) is 16.8 Å². The number of aromatic carboxylic acids is 1. The summed E-state index contributed by atoms with van der Waals surface area (Å²) in [5, 5.41) is 53.1. The van der Waals surface area contributed by atoms with Crippen molar-refractivity contribution >= 4 is 69.2 Å². The van der Waals surface area contributed by atoms with Gasteiger partial charge in [0.15, 0.2) is 34.5 Å². The Balaban J connectivity index is 0.00000115. The van der Waals surface area contributed by atoms with Crippen LogP contribution in [0.5, 0.6) is 34.5 Å². The van der Waals surface area contributed by atoms with Crippen LogP contribution in [-0.4, -0.2) is 103 Å². The molecule has 0 spiro atoms. The lowest BCUT2D eigenvalue weighted by molar-refractivity contribution is -0.115. The Hall–Kier alpha value is -10.0. The summed E-state index contributed by atoms with van der Waals surface area (Å²) in [6.07, 6.45) is 4.34. The van der Waals surface area contributed by atoms with Gasteiger partial charge in [0.2, 0.25) is 18.1 Å². The Morgan fingerprint density at radius 1 is 0.732 bits per heavy atom. The van der Waals surface area contributed by atoms with Gasteiger partial charge in [-0.3, -0.25) is 28.8 Å². The highest BCUT2D eigenvalue weighted by Crippen LogP contribution is 2.41. The average molecular weight is 971 g/mol. The van der Waals surface area contributed by atoms with E-state index in [9.17, 15) is 48.9 Å². The number of ether oxygens (including phenoxy) is 4. The van der Waals surface area contributed by atoms with Crippen molar-refractivity contribution in [3.05, 3.63) is 135 Å². The third-order valence-electron chi connectivity index (χ3n) is 10.4. The summed E-state index contributed by atoms with van der Waals surface area (Å²) in [7, 11) is 2.34. The number of fused-ring (bicyclic) bond motifs is 2. The Bertz CT molecular complexity index is 3270. The second-order valence-electron chi connectivity index (χ2n) is 15.0. The molecule has 9 N–H and O–H groups in total. The van der Waals surface area contributed by atoms with Crippen molar-refractivity contribution in [3.63, 3.8) is 0 Å². The molecule has 0 fully saturated rings. The molecule has 0 saturated carbocycles. The van der Waals surface area contributed by atoms with Gasteiger partial charge in [0.05, 0.1) is 72.4 Å². The lowest BCUT2D eigenvalue weighted by Crippen LogP contribution is -2.32. The van der Waals surface area contributed by atoms with E-state index in [1.165, 1.54) is 74.1 Å². The summed E-state index contributed by atoms with van der Waals surface area (Å²) in [4.78, 5) is 93.7. The molecule has 4 aromatic carbocycles. The van der Waals surface area contributed by atoms with Crippen LogP contribution in [-0.2, 0) is 11.3 Å². The number of amides is 5. The van der Waals surface area contributed by atoms with Crippen molar-refractivity contribution < 1.29 is 63.0 Å². The molecule has 0 radical (unpaired) electrons. The predicted molar refractivity (Wildman–Crippen MR) is 253 cm³/mol. The average Bonchev–Trinajstić information content (AvgIpc) is 4.04. The quantitative estimate of drug-likeness (QED) is 0.0724. The van der Waals surface area contributed by atoms with Crippen molar-refractivity contribution in [1.82, 2.24) is 30.3 Å². The molecule has 7 aromatic rings. The maximum absolute atomic E-state index is 13.3. The molecule has 4 heterocycles. The fraction of sp³-hybridized carbons (Fsp3) is 0.149. The topological polar surface area (TPSA) is 337 Å². The van der Waals surface area contributed by atoms with Gasteiger partial charge in [-0.05, 0) is 80.6 Å². The van der Waals surface area contributed by atoms with Crippen molar-refractivity contribution in [3.8, 4) is 34.5 Å². The van der Waals surface area contributed by atoms with E-state index in [-0.39, 0.29) is 57.7 Å². The number of carbonyl (C=O) groups is 6. The molecule has 5 amide bonds. The van der Waals surface area contributed by atoms with Crippen molar-refractivity contribution in [2.75, 3.05) is 48.8 Å². The van der Waals surface area contributed by atoms with Crippen LogP contribution >= 0.6 is 0 Å². The van der Waals surface area contributed by atoms with Gasteiger partial charge >= 0.3 is 5.97 Å². The number of anilines is 4. The molecule has 364 valence electrons. The van der Waals surface area contributed by atoms with Crippen LogP contribution in [0.15, 0.2) is 96.2 Å². The second kappa shape index (κ2) is 21.3. The first-order valence-corrected chi connectivity index (χ1v) is 21.0. The number of carbonyl (C=O) groups excluding carboxylic acids is 5. The number of aromatic nitrogens is 5. The number of hydrogen-bond donors (Lipinski definition) is 9. The molecular weight excluding hydrogens is 929 g/mol.